The van der Waals surface area contributed by atoms with Gasteiger partial charge in [-0.1, -0.05) is 19.1 Å². The normalized spacial score (nSPS) is 21.4. The van der Waals surface area contributed by atoms with Crippen molar-refractivity contribution < 1.29 is 9.47 Å². The summed E-state index contributed by atoms with van der Waals surface area (Å²) in [7, 11) is 0. The maximum absolute atomic E-state index is 5.50. The van der Waals surface area contributed by atoms with Crippen molar-refractivity contribution in [1.82, 2.24) is 0 Å². The standard InChI is InChI=1S/C11H20O2/c1-3-4-5-6-7-8-11(2)12-9-10-13-11/h4-5H,3,6-10H2,1-2H3. The van der Waals surface area contributed by atoms with Crippen LogP contribution in [0.1, 0.15) is 39.5 Å². The highest BCUT2D eigenvalue weighted by Crippen LogP contribution is 2.24. The zero-order valence-electron chi connectivity index (χ0n) is 8.71. The Morgan fingerprint density at radius 1 is 1.23 bits per heavy atom. The van der Waals surface area contributed by atoms with Crippen LogP contribution in [0.15, 0.2) is 12.2 Å². The second kappa shape index (κ2) is 5.40. The van der Waals surface area contributed by atoms with E-state index in [0.29, 0.717) is 0 Å². The van der Waals surface area contributed by atoms with E-state index in [-0.39, 0.29) is 5.79 Å². The summed E-state index contributed by atoms with van der Waals surface area (Å²) in [6.45, 7) is 5.69. The predicted molar refractivity (Wildman–Crippen MR) is 53.6 cm³/mol. The molecule has 0 saturated carbocycles. The molecule has 0 atom stereocenters. The second-order valence-corrected chi connectivity index (χ2v) is 3.60. The number of unbranched alkanes of at least 4 members (excludes halogenated alkanes) is 1. The Morgan fingerprint density at radius 3 is 2.54 bits per heavy atom. The SMILES string of the molecule is CCC=CCCCC1(C)OCCO1. The molecule has 2 heteroatoms. The van der Waals surface area contributed by atoms with Gasteiger partial charge >= 0.3 is 0 Å². The molecule has 76 valence electrons. The number of hydrogen-bond donors (Lipinski definition) is 0. The summed E-state index contributed by atoms with van der Waals surface area (Å²) in [6, 6.07) is 0. The van der Waals surface area contributed by atoms with Crippen LogP contribution in [0.5, 0.6) is 0 Å². The van der Waals surface area contributed by atoms with Crippen molar-refractivity contribution in [2.45, 2.75) is 45.3 Å². The monoisotopic (exact) mass is 184 g/mol. The van der Waals surface area contributed by atoms with Gasteiger partial charge in [-0.25, -0.2) is 0 Å². The lowest BCUT2D eigenvalue weighted by atomic mass is 10.1. The molecule has 0 N–H and O–H groups in total. The van der Waals surface area contributed by atoms with Crippen molar-refractivity contribution in [2.24, 2.45) is 0 Å². The molecule has 1 aliphatic rings. The van der Waals surface area contributed by atoms with E-state index in [1.54, 1.807) is 0 Å². The average molecular weight is 184 g/mol. The van der Waals surface area contributed by atoms with Crippen LogP contribution in [0, 0.1) is 0 Å². The van der Waals surface area contributed by atoms with Crippen molar-refractivity contribution in [2.75, 3.05) is 13.2 Å². The third-order valence-corrected chi connectivity index (χ3v) is 2.30. The van der Waals surface area contributed by atoms with E-state index in [9.17, 15) is 0 Å². The summed E-state index contributed by atoms with van der Waals surface area (Å²) >= 11 is 0. The number of rotatable bonds is 5. The fraction of sp³-hybridized carbons (Fsp3) is 0.818. The van der Waals surface area contributed by atoms with E-state index in [1.807, 2.05) is 6.92 Å². The summed E-state index contributed by atoms with van der Waals surface area (Å²) in [5, 5.41) is 0. The van der Waals surface area contributed by atoms with Gasteiger partial charge in [0.05, 0.1) is 13.2 Å². The maximum atomic E-state index is 5.50. The van der Waals surface area contributed by atoms with Gasteiger partial charge in [0.2, 0.25) is 0 Å². The summed E-state index contributed by atoms with van der Waals surface area (Å²) in [5.41, 5.74) is 0. The number of allylic oxidation sites excluding steroid dienone is 2. The van der Waals surface area contributed by atoms with Crippen LogP contribution >= 0.6 is 0 Å². The van der Waals surface area contributed by atoms with Gasteiger partial charge < -0.3 is 9.47 Å². The summed E-state index contributed by atoms with van der Waals surface area (Å²) in [5.74, 6) is -0.292. The van der Waals surface area contributed by atoms with Crippen LogP contribution in [-0.4, -0.2) is 19.0 Å². The summed E-state index contributed by atoms with van der Waals surface area (Å²) in [6.07, 6.45) is 8.85. The molecule has 1 fully saturated rings. The topological polar surface area (TPSA) is 18.5 Å². The van der Waals surface area contributed by atoms with Crippen molar-refractivity contribution in [3.05, 3.63) is 12.2 Å². The van der Waals surface area contributed by atoms with Crippen molar-refractivity contribution in [3.8, 4) is 0 Å². The molecule has 0 radical (unpaired) electrons. The quantitative estimate of drug-likeness (QED) is 0.483. The highest BCUT2D eigenvalue weighted by atomic mass is 16.7. The van der Waals surface area contributed by atoms with E-state index in [4.69, 9.17) is 9.47 Å². The Kier molecular flexibility index (Phi) is 4.46. The molecule has 13 heavy (non-hydrogen) atoms. The molecule has 0 spiro atoms. The molecule has 1 heterocycles. The van der Waals surface area contributed by atoms with Crippen LogP contribution < -0.4 is 0 Å². The molecule has 0 amide bonds. The van der Waals surface area contributed by atoms with Gasteiger partial charge in [-0.3, -0.25) is 0 Å². The fourth-order valence-corrected chi connectivity index (χ4v) is 1.53. The van der Waals surface area contributed by atoms with Crippen molar-refractivity contribution >= 4 is 0 Å². The Bertz CT molecular complexity index is 157. The first-order valence-electron chi connectivity index (χ1n) is 5.20. The third-order valence-electron chi connectivity index (χ3n) is 2.30. The van der Waals surface area contributed by atoms with Gasteiger partial charge in [0.25, 0.3) is 0 Å². The van der Waals surface area contributed by atoms with E-state index < -0.39 is 0 Å². The maximum Gasteiger partial charge on any atom is 0.165 e. The molecular weight excluding hydrogens is 164 g/mol. The van der Waals surface area contributed by atoms with E-state index >= 15 is 0 Å². The van der Waals surface area contributed by atoms with Crippen LogP contribution in [0.3, 0.4) is 0 Å². The zero-order chi connectivity index (χ0) is 9.57. The van der Waals surface area contributed by atoms with Gasteiger partial charge in [0.1, 0.15) is 0 Å². The number of hydrogen-bond acceptors (Lipinski definition) is 2. The average Bonchev–Trinajstić information content (AvgIpc) is 2.53. The Hall–Kier alpha value is -0.340. The minimum Gasteiger partial charge on any atom is -0.348 e. The van der Waals surface area contributed by atoms with Crippen LogP contribution in [0.2, 0.25) is 0 Å². The molecule has 0 bridgehead atoms. The van der Waals surface area contributed by atoms with Gasteiger partial charge in [0, 0.05) is 6.42 Å². The highest BCUT2D eigenvalue weighted by Gasteiger charge is 2.29. The molecule has 0 aromatic carbocycles. The second-order valence-electron chi connectivity index (χ2n) is 3.60. The Labute approximate surface area is 80.9 Å². The van der Waals surface area contributed by atoms with Crippen molar-refractivity contribution in [3.63, 3.8) is 0 Å². The van der Waals surface area contributed by atoms with Crippen LogP contribution in [0.4, 0.5) is 0 Å². The lowest BCUT2D eigenvalue weighted by Crippen LogP contribution is -2.24. The van der Waals surface area contributed by atoms with Crippen LogP contribution in [0.25, 0.3) is 0 Å². The van der Waals surface area contributed by atoms with Crippen molar-refractivity contribution in [1.29, 1.82) is 0 Å². The van der Waals surface area contributed by atoms with Gasteiger partial charge in [-0.15, -0.1) is 0 Å². The first-order chi connectivity index (χ1) is 6.27. The van der Waals surface area contributed by atoms with Gasteiger partial charge in [-0.2, -0.15) is 0 Å². The summed E-state index contributed by atoms with van der Waals surface area (Å²) in [4.78, 5) is 0. The Morgan fingerprint density at radius 2 is 1.92 bits per heavy atom. The smallest absolute Gasteiger partial charge is 0.165 e. The molecule has 1 aliphatic heterocycles. The largest absolute Gasteiger partial charge is 0.348 e. The highest BCUT2D eigenvalue weighted by molar-refractivity contribution is 4.81. The molecule has 1 saturated heterocycles. The molecule has 1 rings (SSSR count). The lowest BCUT2D eigenvalue weighted by Gasteiger charge is -2.21. The minimum atomic E-state index is -0.292. The lowest BCUT2D eigenvalue weighted by molar-refractivity contribution is -0.147. The predicted octanol–water partition coefficient (Wildman–Crippen LogP) is 2.89. The summed E-state index contributed by atoms with van der Waals surface area (Å²) < 4.78 is 11.0. The molecule has 0 aliphatic carbocycles. The molecule has 0 aromatic heterocycles. The molecule has 2 nitrogen and oxygen atoms in total. The Balaban J connectivity index is 2.07. The van der Waals surface area contributed by atoms with Gasteiger partial charge in [-0.05, 0) is 26.2 Å². The fourth-order valence-electron chi connectivity index (χ4n) is 1.53. The third kappa shape index (κ3) is 3.92. The first-order valence-corrected chi connectivity index (χ1v) is 5.20. The van der Waals surface area contributed by atoms with Crippen LogP contribution in [-0.2, 0) is 9.47 Å². The van der Waals surface area contributed by atoms with Gasteiger partial charge in [0.15, 0.2) is 5.79 Å². The van der Waals surface area contributed by atoms with E-state index in [1.165, 1.54) is 0 Å². The number of ether oxygens (including phenoxy) is 2. The molecular formula is C11H20O2. The first kappa shape index (κ1) is 10.7. The van der Waals surface area contributed by atoms with E-state index in [0.717, 1.165) is 38.9 Å². The zero-order valence-corrected chi connectivity index (χ0v) is 8.71. The molecule has 0 aromatic rings. The minimum absolute atomic E-state index is 0.292. The molecule has 0 unspecified atom stereocenters. The van der Waals surface area contributed by atoms with E-state index in [2.05, 4.69) is 19.1 Å².